The lowest BCUT2D eigenvalue weighted by molar-refractivity contribution is -0.116. The third kappa shape index (κ3) is 2.23. The zero-order chi connectivity index (χ0) is 9.97. The maximum Gasteiger partial charge on any atom is 0.0997 e. The van der Waals surface area contributed by atoms with Gasteiger partial charge in [-0.05, 0) is 25.2 Å². The van der Waals surface area contributed by atoms with E-state index in [1.165, 1.54) is 25.7 Å². The first-order chi connectivity index (χ1) is 6.81. The van der Waals surface area contributed by atoms with E-state index in [2.05, 4.69) is 0 Å². The molecule has 0 heterocycles. The predicted octanol–water partition coefficient (Wildman–Crippen LogP) is 2.59. The second kappa shape index (κ2) is 4.82. The standard InChI is InChI=1S/C11H19ClO2/c1-13-11-9(12)6-10(11)14-7-8-4-2-3-5-8/h8-11H,2-7H2,1H3. The molecule has 2 nitrogen and oxygen atoms in total. The lowest BCUT2D eigenvalue weighted by Crippen LogP contribution is -2.50. The van der Waals surface area contributed by atoms with Crippen molar-refractivity contribution in [1.29, 1.82) is 0 Å². The fraction of sp³-hybridized carbons (Fsp3) is 1.00. The molecule has 0 bridgehead atoms. The highest BCUT2D eigenvalue weighted by molar-refractivity contribution is 6.21. The van der Waals surface area contributed by atoms with Crippen LogP contribution >= 0.6 is 11.6 Å². The molecule has 3 atom stereocenters. The van der Waals surface area contributed by atoms with Gasteiger partial charge in [-0.1, -0.05) is 12.8 Å². The van der Waals surface area contributed by atoms with E-state index in [0.29, 0.717) is 0 Å². The molecule has 82 valence electrons. The van der Waals surface area contributed by atoms with Crippen LogP contribution in [-0.4, -0.2) is 31.3 Å². The largest absolute Gasteiger partial charge is 0.377 e. The molecule has 14 heavy (non-hydrogen) atoms. The minimum absolute atomic E-state index is 0.123. The molecule has 2 aliphatic rings. The zero-order valence-corrected chi connectivity index (χ0v) is 9.50. The summed E-state index contributed by atoms with van der Waals surface area (Å²) in [7, 11) is 1.71. The van der Waals surface area contributed by atoms with Gasteiger partial charge in [0.25, 0.3) is 0 Å². The molecule has 2 aliphatic carbocycles. The zero-order valence-electron chi connectivity index (χ0n) is 8.75. The molecule has 0 aliphatic heterocycles. The molecule has 0 aromatic heterocycles. The highest BCUT2D eigenvalue weighted by Gasteiger charge is 2.41. The number of rotatable bonds is 4. The van der Waals surface area contributed by atoms with Crippen LogP contribution in [0, 0.1) is 5.92 Å². The van der Waals surface area contributed by atoms with Gasteiger partial charge in [-0.2, -0.15) is 0 Å². The maximum absolute atomic E-state index is 6.00. The van der Waals surface area contributed by atoms with E-state index < -0.39 is 0 Å². The first-order valence-electron chi connectivity index (χ1n) is 5.59. The summed E-state index contributed by atoms with van der Waals surface area (Å²) in [6.07, 6.45) is 6.77. The van der Waals surface area contributed by atoms with Gasteiger partial charge in [0.05, 0.1) is 17.6 Å². The van der Waals surface area contributed by atoms with Gasteiger partial charge in [-0.3, -0.25) is 0 Å². The van der Waals surface area contributed by atoms with Crippen molar-refractivity contribution < 1.29 is 9.47 Å². The van der Waals surface area contributed by atoms with Gasteiger partial charge in [-0.15, -0.1) is 11.6 Å². The minimum Gasteiger partial charge on any atom is -0.377 e. The van der Waals surface area contributed by atoms with Gasteiger partial charge in [-0.25, -0.2) is 0 Å². The topological polar surface area (TPSA) is 18.5 Å². The summed E-state index contributed by atoms with van der Waals surface area (Å²) in [6, 6.07) is 0. The van der Waals surface area contributed by atoms with Crippen molar-refractivity contribution in [2.45, 2.75) is 49.7 Å². The summed E-state index contributed by atoms with van der Waals surface area (Å²) >= 11 is 6.00. The van der Waals surface area contributed by atoms with Crippen molar-refractivity contribution in [3.63, 3.8) is 0 Å². The highest BCUT2D eigenvalue weighted by Crippen LogP contribution is 2.33. The molecule has 2 saturated carbocycles. The number of hydrogen-bond acceptors (Lipinski definition) is 2. The molecule has 0 saturated heterocycles. The number of ether oxygens (including phenoxy) is 2. The molecule has 0 N–H and O–H groups in total. The Hall–Kier alpha value is 0.210. The minimum atomic E-state index is 0.123. The van der Waals surface area contributed by atoms with E-state index in [4.69, 9.17) is 21.1 Å². The molecule has 0 aromatic rings. The van der Waals surface area contributed by atoms with E-state index in [1.54, 1.807) is 7.11 Å². The third-order valence-electron chi connectivity index (χ3n) is 3.47. The summed E-state index contributed by atoms with van der Waals surface area (Å²) in [4.78, 5) is 0. The Bertz CT molecular complexity index is 180. The van der Waals surface area contributed by atoms with E-state index in [0.717, 1.165) is 18.9 Å². The Morgan fingerprint density at radius 1 is 1.29 bits per heavy atom. The second-order valence-electron chi connectivity index (χ2n) is 4.47. The van der Waals surface area contributed by atoms with Crippen LogP contribution in [0.1, 0.15) is 32.1 Å². The van der Waals surface area contributed by atoms with Crippen LogP contribution in [0.3, 0.4) is 0 Å². The van der Waals surface area contributed by atoms with Crippen LogP contribution in [0.25, 0.3) is 0 Å². The SMILES string of the molecule is COC1C(Cl)CC1OCC1CCCC1. The molecule has 2 rings (SSSR count). The Balaban J connectivity index is 1.65. The number of hydrogen-bond donors (Lipinski definition) is 0. The second-order valence-corrected chi connectivity index (χ2v) is 5.03. The van der Waals surface area contributed by atoms with Crippen molar-refractivity contribution in [3.05, 3.63) is 0 Å². The molecule has 2 fully saturated rings. The summed E-state index contributed by atoms with van der Waals surface area (Å²) in [5, 5.41) is 0.161. The van der Waals surface area contributed by atoms with Crippen LogP contribution < -0.4 is 0 Å². The van der Waals surface area contributed by atoms with Crippen molar-refractivity contribution in [2.75, 3.05) is 13.7 Å². The Morgan fingerprint density at radius 3 is 2.57 bits per heavy atom. The molecule has 0 amide bonds. The summed E-state index contributed by atoms with van der Waals surface area (Å²) in [6.45, 7) is 0.911. The van der Waals surface area contributed by atoms with Crippen LogP contribution in [-0.2, 0) is 9.47 Å². The van der Waals surface area contributed by atoms with E-state index in [9.17, 15) is 0 Å². The normalized spacial score (nSPS) is 38.6. The fourth-order valence-corrected chi connectivity index (χ4v) is 2.87. The lowest BCUT2D eigenvalue weighted by Gasteiger charge is -2.40. The molecule has 0 radical (unpaired) electrons. The first kappa shape index (κ1) is 10.7. The van der Waals surface area contributed by atoms with Crippen LogP contribution in [0.15, 0.2) is 0 Å². The van der Waals surface area contributed by atoms with Crippen molar-refractivity contribution in [1.82, 2.24) is 0 Å². The van der Waals surface area contributed by atoms with Crippen LogP contribution in [0.4, 0.5) is 0 Å². The van der Waals surface area contributed by atoms with Crippen LogP contribution in [0.5, 0.6) is 0 Å². The first-order valence-corrected chi connectivity index (χ1v) is 6.03. The van der Waals surface area contributed by atoms with Crippen molar-refractivity contribution >= 4 is 11.6 Å². The molecular formula is C11H19ClO2. The van der Waals surface area contributed by atoms with E-state index in [-0.39, 0.29) is 17.6 Å². The summed E-state index contributed by atoms with van der Waals surface area (Å²) in [5.74, 6) is 0.793. The number of alkyl halides is 1. The van der Waals surface area contributed by atoms with Crippen molar-refractivity contribution in [2.24, 2.45) is 5.92 Å². The summed E-state index contributed by atoms with van der Waals surface area (Å²) < 4.78 is 11.1. The molecule has 0 spiro atoms. The Kier molecular flexibility index (Phi) is 3.69. The fourth-order valence-electron chi connectivity index (χ4n) is 2.43. The van der Waals surface area contributed by atoms with Crippen LogP contribution in [0.2, 0.25) is 0 Å². The van der Waals surface area contributed by atoms with Gasteiger partial charge in [0.2, 0.25) is 0 Å². The van der Waals surface area contributed by atoms with Gasteiger partial charge >= 0.3 is 0 Å². The molecule has 3 heteroatoms. The van der Waals surface area contributed by atoms with Gasteiger partial charge < -0.3 is 9.47 Å². The van der Waals surface area contributed by atoms with Crippen molar-refractivity contribution in [3.8, 4) is 0 Å². The van der Waals surface area contributed by atoms with E-state index in [1.807, 2.05) is 0 Å². The lowest BCUT2D eigenvalue weighted by atomic mass is 9.91. The van der Waals surface area contributed by atoms with Gasteiger partial charge in [0.15, 0.2) is 0 Å². The monoisotopic (exact) mass is 218 g/mol. The summed E-state index contributed by atoms with van der Waals surface area (Å²) in [5.41, 5.74) is 0. The van der Waals surface area contributed by atoms with Gasteiger partial charge in [0.1, 0.15) is 0 Å². The predicted molar refractivity (Wildman–Crippen MR) is 56.8 cm³/mol. The Labute approximate surface area is 90.9 Å². The quantitative estimate of drug-likeness (QED) is 0.676. The molecule has 3 unspecified atom stereocenters. The third-order valence-corrected chi connectivity index (χ3v) is 3.90. The molecular weight excluding hydrogens is 200 g/mol. The average molecular weight is 219 g/mol. The van der Waals surface area contributed by atoms with Gasteiger partial charge in [0, 0.05) is 13.7 Å². The number of methoxy groups -OCH3 is 1. The Morgan fingerprint density at radius 2 is 2.00 bits per heavy atom. The maximum atomic E-state index is 6.00. The van der Waals surface area contributed by atoms with E-state index >= 15 is 0 Å². The average Bonchev–Trinajstić information content (AvgIpc) is 2.65. The highest BCUT2D eigenvalue weighted by atomic mass is 35.5. The number of halogens is 1. The molecule has 0 aromatic carbocycles. The smallest absolute Gasteiger partial charge is 0.0997 e.